The molecule has 0 aromatic carbocycles. The first-order valence-corrected chi connectivity index (χ1v) is 5.62. The average Bonchev–Trinajstić information content (AvgIpc) is 2.36. The molecule has 1 amide bonds. The third kappa shape index (κ3) is 2.64. The van der Waals surface area contributed by atoms with Crippen LogP contribution in [-0.2, 0) is 4.79 Å². The zero-order chi connectivity index (χ0) is 13.8. The second-order valence-electron chi connectivity index (χ2n) is 3.90. The summed E-state index contributed by atoms with van der Waals surface area (Å²) in [6.45, 7) is 3.31. The van der Waals surface area contributed by atoms with Gasteiger partial charge in [-0.15, -0.1) is 0 Å². The van der Waals surface area contributed by atoms with E-state index in [1.54, 1.807) is 13.8 Å². The van der Waals surface area contributed by atoms with Crippen molar-refractivity contribution in [1.29, 1.82) is 0 Å². The zero-order valence-electron chi connectivity index (χ0n) is 10.2. The van der Waals surface area contributed by atoms with Gasteiger partial charge in [-0.05, 0) is 18.9 Å². The van der Waals surface area contributed by atoms with Gasteiger partial charge in [-0.3, -0.25) is 9.78 Å². The summed E-state index contributed by atoms with van der Waals surface area (Å²) >= 11 is 0. The van der Waals surface area contributed by atoms with Crippen molar-refractivity contribution in [3.63, 3.8) is 0 Å². The molecule has 5 nitrogen and oxygen atoms in total. The zero-order valence-corrected chi connectivity index (χ0v) is 10.2. The lowest BCUT2D eigenvalue weighted by Crippen LogP contribution is -2.53. The summed E-state index contributed by atoms with van der Waals surface area (Å²) in [6.07, 6.45) is 2.63. The Morgan fingerprint density at radius 1 is 1.44 bits per heavy atom. The van der Waals surface area contributed by atoms with E-state index >= 15 is 0 Å². The number of carboxylic acid groups (broad SMARTS) is 1. The molecule has 0 aliphatic carbocycles. The maximum Gasteiger partial charge on any atom is 0.329 e. The number of carbonyl (C=O) groups is 2. The smallest absolute Gasteiger partial charge is 0.329 e. The Morgan fingerprint density at radius 3 is 2.50 bits per heavy atom. The molecule has 0 unspecified atom stereocenters. The fourth-order valence-electron chi connectivity index (χ4n) is 1.63. The number of hydrogen-bond donors (Lipinski definition) is 2. The fraction of sp³-hybridized carbons (Fsp3) is 0.417. The first kappa shape index (κ1) is 14.1. The Balaban J connectivity index is 3.00. The first-order valence-electron chi connectivity index (χ1n) is 5.62. The van der Waals surface area contributed by atoms with Gasteiger partial charge in [0.15, 0.2) is 5.82 Å². The summed E-state index contributed by atoms with van der Waals surface area (Å²) in [6, 6.07) is 1.21. The van der Waals surface area contributed by atoms with E-state index < -0.39 is 23.2 Å². The molecule has 2 N–H and O–H groups in total. The van der Waals surface area contributed by atoms with Crippen LogP contribution in [0.2, 0.25) is 0 Å². The topological polar surface area (TPSA) is 79.3 Å². The van der Waals surface area contributed by atoms with Crippen molar-refractivity contribution in [2.24, 2.45) is 0 Å². The molecule has 0 atom stereocenters. The second-order valence-corrected chi connectivity index (χ2v) is 3.90. The number of aromatic nitrogens is 1. The van der Waals surface area contributed by atoms with Gasteiger partial charge in [0.1, 0.15) is 5.54 Å². The van der Waals surface area contributed by atoms with Crippen molar-refractivity contribution >= 4 is 11.9 Å². The van der Waals surface area contributed by atoms with Crippen molar-refractivity contribution in [2.75, 3.05) is 0 Å². The minimum absolute atomic E-state index is 0.211. The number of hydrogen-bond acceptors (Lipinski definition) is 3. The summed E-state index contributed by atoms with van der Waals surface area (Å²) in [5, 5.41) is 11.5. The summed E-state index contributed by atoms with van der Waals surface area (Å²) in [4.78, 5) is 26.6. The van der Waals surface area contributed by atoms with Crippen LogP contribution in [0, 0.1) is 5.82 Å². The van der Waals surface area contributed by atoms with Crippen LogP contribution in [0.15, 0.2) is 18.5 Å². The largest absolute Gasteiger partial charge is 0.480 e. The van der Waals surface area contributed by atoms with E-state index in [0.717, 1.165) is 6.20 Å². The van der Waals surface area contributed by atoms with Gasteiger partial charge in [0, 0.05) is 6.20 Å². The maximum atomic E-state index is 13.4. The Morgan fingerprint density at radius 2 is 2.06 bits per heavy atom. The molecule has 6 heteroatoms. The number of aliphatic carboxylic acids is 1. The van der Waals surface area contributed by atoms with Crippen LogP contribution in [0.4, 0.5) is 4.39 Å². The maximum absolute atomic E-state index is 13.4. The number of halogens is 1. The summed E-state index contributed by atoms with van der Waals surface area (Å²) < 4.78 is 13.4. The second kappa shape index (κ2) is 5.57. The number of nitrogens with zero attached hydrogens (tertiary/aromatic N) is 1. The first-order chi connectivity index (χ1) is 8.46. The minimum Gasteiger partial charge on any atom is -0.480 e. The highest BCUT2D eigenvalue weighted by molar-refractivity contribution is 5.97. The van der Waals surface area contributed by atoms with Crippen LogP contribution in [0.3, 0.4) is 0 Å². The summed E-state index contributed by atoms with van der Waals surface area (Å²) in [7, 11) is 0. The molecule has 0 aliphatic heterocycles. The van der Waals surface area contributed by atoms with Gasteiger partial charge in [-0.1, -0.05) is 13.8 Å². The monoisotopic (exact) mass is 254 g/mol. The van der Waals surface area contributed by atoms with E-state index in [1.807, 2.05) is 0 Å². The Kier molecular flexibility index (Phi) is 4.36. The van der Waals surface area contributed by atoms with Gasteiger partial charge in [0.05, 0.1) is 11.8 Å². The standard InChI is InChI=1S/C12H15FN2O3/c1-3-12(4-2,11(17)18)15-10(16)8-5-6-14-7-9(8)13/h5-7H,3-4H2,1-2H3,(H,15,16)(H,17,18). The molecule has 0 bridgehead atoms. The van der Waals surface area contributed by atoms with Crippen LogP contribution < -0.4 is 5.32 Å². The minimum atomic E-state index is -1.37. The van der Waals surface area contributed by atoms with Gasteiger partial charge < -0.3 is 10.4 Å². The van der Waals surface area contributed by atoms with Gasteiger partial charge in [-0.2, -0.15) is 0 Å². The number of rotatable bonds is 5. The molecule has 0 saturated heterocycles. The molecule has 0 saturated carbocycles. The normalized spacial score (nSPS) is 11.1. The van der Waals surface area contributed by atoms with Crippen molar-refractivity contribution < 1.29 is 19.1 Å². The Hall–Kier alpha value is -1.98. The Bertz CT molecular complexity index is 458. The highest BCUT2D eigenvalue weighted by Crippen LogP contribution is 2.17. The average molecular weight is 254 g/mol. The molecule has 18 heavy (non-hydrogen) atoms. The fourth-order valence-corrected chi connectivity index (χ4v) is 1.63. The number of nitrogens with one attached hydrogen (secondary N) is 1. The number of pyridine rings is 1. The Labute approximate surface area is 104 Å². The molecule has 1 heterocycles. The number of amides is 1. The predicted molar refractivity (Wildman–Crippen MR) is 62.6 cm³/mol. The lowest BCUT2D eigenvalue weighted by Gasteiger charge is -2.28. The molecule has 1 rings (SSSR count). The van der Waals surface area contributed by atoms with Crippen molar-refractivity contribution in [1.82, 2.24) is 10.3 Å². The van der Waals surface area contributed by atoms with Crippen LogP contribution in [0.5, 0.6) is 0 Å². The molecule has 0 radical (unpaired) electrons. The van der Waals surface area contributed by atoms with Crippen molar-refractivity contribution in [3.8, 4) is 0 Å². The highest BCUT2D eigenvalue weighted by atomic mass is 19.1. The molecular formula is C12H15FN2O3. The molecule has 98 valence electrons. The third-order valence-electron chi connectivity index (χ3n) is 2.99. The molecule has 1 aromatic rings. The lowest BCUT2D eigenvalue weighted by molar-refractivity contribution is -0.144. The predicted octanol–water partition coefficient (Wildman–Crippen LogP) is 1.59. The quantitative estimate of drug-likeness (QED) is 0.836. The van der Waals surface area contributed by atoms with Crippen LogP contribution >= 0.6 is 0 Å². The van der Waals surface area contributed by atoms with E-state index in [4.69, 9.17) is 5.11 Å². The molecular weight excluding hydrogens is 239 g/mol. The van der Waals surface area contributed by atoms with Crippen molar-refractivity contribution in [3.05, 3.63) is 29.8 Å². The summed E-state index contributed by atoms with van der Waals surface area (Å²) in [5.41, 5.74) is -1.58. The van der Waals surface area contributed by atoms with E-state index in [1.165, 1.54) is 12.3 Å². The highest BCUT2D eigenvalue weighted by Gasteiger charge is 2.37. The van der Waals surface area contributed by atoms with Crippen LogP contribution in [-0.4, -0.2) is 27.5 Å². The van der Waals surface area contributed by atoms with Gasteiger partial charge >= 0.3 is 5.97 Å². The van der Waals surface area contributed by atoms with E-state index in [0.29, 0.717) is 0 Å². The third-order valence-corrected chi connectivity index (χ3v) is 2.99. The van der Waals surface area contributed by atoms with E-state index in [2.05, 4.69) is 10.3 Å². The van der Waals surface area contributed by atoms with E-state index in [-0.39, 0.29) is 18.4 Å². The van der Waals surface area contributed by atoms with Gasteiger partial charge in [-0.25, -0.2) is 9.18 Å². The molecule has 1 aromatic heterocycles. The van der Waals surface area contributed by atoms with Gasteiger partial charge in [0.25, 0.3) is 5.91 Å². The summed E-state index contributed by atoms with van der Waals surface area (Å²) in [5.74, 6) is -2.65. The number of carbonyl (C=O) groups excluding carboxylic acids is 1. The van der Waals surface area contributed by atoms with E-state index in [9.17, 15) is 14.0 Å². The van der Waals surface area contributed by atoms with Crippen molar-refractivity contribution in [2.45, 2.75) is 32.2 Å². The SMILES string of the molecule is CCC(CC)(NC(=O)c1ccncc1F)C(=O)O. The van der Waals surface area contributed by atoms with Crippen LogP contribution in [0.25, 0.3) is 0 Å². The molecule has 0 spiro atoms. The van der Waals surface area contributed by atoms with Gasteiger partial charge in [0.2, 0.25) is 0 Å². The molecule has 0 fully saturated rings. The number of carboxylic acids is 1. The lowest BCUT2D eigenvalue weighted by atomic mass is 9.92. The van der Waals surface area contributed by atoms with Crippen LogP contribution in [0.1, 0.15) is 37.0 Å². The molecule has 0 aliphatic rings.